The molecule has 0 spiro atoms. The zero-order chi connectivity index (χ0) is 31.2. The summed E-state index contributed by atoms with van der Waals surface area (Å²) < 4.78 is 34.6. The van der Waals surface area contributed by atoms with Gasteiger partial charge in [0.25, 0.3) is 0 Å². The van der Waals surface area contributed by atoms with E-state index in [4.69, 9.17) is 48.9 Å². The molecule has 0 aliphatic carbocycles. The summed E-state index contributed by atoms with van der Waals surface area (Å²) in [6.07, 6.45) is -0.0407. The van der Waals surface area contributed by atoms with Crippen molar-refractivity contribution in [1.29, 1.82) is 0 Å². The molecule has 9 nitrogen and oxygen atoms in total. The van der Waals surface area contributed by atoms with Crippen molar-refractivity contribution >= 4 is 66.8 Å². The number of fused-ring (bicyclic) bond motifs is 3. The standard InChI is InChI=1S/C32H26Cl2N4O5S2/c33-23-7-1-17(9-24(23)34)15-41-21-4-2-18(3-5-21)29-16-42-27-11-19-10-26(31(35)39)38(14-20(19)12-28(27)43-29)45(40)22-6-8-25-30(13-22)44-32(36)37-25/h1-9,11-13,26,29H,10,14-16H2,(H2,35,39)(H2,36,37). The molecule has 3 atom stereocenters. The molecule has 4 N–H and O–H groups in total. The van der Waals surface area contributed by atoms with E-state index < -0.39 is 22.9 Å². The maximum Gasteiger partial charge on any atom is 0.236 e. The molecule has 0 radical (unpaired) electrons. The molecule has 4 aromatic carbocycles. The van der Waals surface area contributed by atoms with Crippen LogP contribution in [-0.4, -0.2) is 32.1 Å². The molecule has 2 aliphatic heterocycles. The van der Waals surface area contributed by atoms with Crippen LogP contribution in [0.3, 0.4) is 0 Å². The molecule has 5 aromatic rings. The van der Waals surface area contributed by atoms with Crippen molar-refractivity contribution < 1.29 is 23.2 Å². The fraction of sp³-hybridized carbons (Fsp3) is 0.188. The molecular formula is C32H26Cl2N4O5S2. The predicted molar refractivity (Wildman–Crippen MR) is 175 cm³/mol. The van der Waals surface area contributed by atoms with E-state index in [9.17, 15) is 9.00 Å². The highest BCUT2D eigenvalue weighted by Crippen LogP contribution is 2.41. The Hall–Kier alpha value is -3.87. The van der Waals surface area contributed by atoms with Gasteiger partial charge in [-0.1, -0.05) is 52.7 Å². The average molecular weight is 682 g/mol. The number of benzene rings is 4. The second-order valence-corrected chi connectivity index (χ2v) is 14.0. The highest BCUT2D eigenvalue weighted by Gasteiger charge is 2.36. The van der Waals surface area contributed by atoms with Gasteiger partial charge in [0.1, 0.15) is 36.0 Å². The topological polar surface area (TPSA) is 130 Å². The molecule has 45 heavy (non-hydrogen) atoms. The number of primary amides is 1. The van der Waals surface area contributed by atoms with Gasteiger partial charge in [-0.15, -0.1) is 0 Å². The molecule has 230 valence electrons. The number of aromatic nitrogens is 1. The zero-order valence-corrected chi connectivity index (χ0v) is 26.7. The summed E-state index contributed by atoms with van der Waals surface area (Å²) in [4.78, 5) is 17.3. The van der Waals surface area contributed by atoms with Gasteiger partial charge < -0.3 is 25.7 Å². The van der Waals surface area contributed by atoms with Crippen molar-refractivity contribution in [1.82, 2.24) is 9.29 Å². The lowest BCUT2D eigenvalue weighted by atomic mass is 9.94. The van der Waals surface area contributed by atoms with Gasteiger partial charge in [0.15, 0.2) is 22.7 Å². The van der Waals surface area contributed by atoms with Gasteiger partial charge in [0.05, 0.1) is 25.2 Å². The molecule has 2 aliphatic rings. The molecule has 1 amide bonds. The summed E-state index contributed by atoms with van der Waals surface area (Å²) in [7, 11) is -1.66. The van der Waals surface area contributed by atoms with Gasteiger partial charge in [-0.25, -0.2) is 13.5 Å². The number of nitrogens with zero attached hydrogens (tertiary/aromatic N) is 2. The first kappa shape index (κ1) is 29.8. The monoisotopic (exact) mass is 680 g/mol. The van der Waals surface area contributed by atoms with E-state index in [0.717, 1.165) is 32.5 Å². The number of hydrogen-bond acceptors (Lipinski definition) is 8. The van der Waals surface area contributed by atoms with E-state index in [-0.39, 0.29) is 12.6 Å². The summed E-state index contributed by atoms with van der Waals surface area (Å²) in [6.45, 7) is 0.907. The maximum absolute atomic E-state index is 13.8. The van der Waals surface area contributed by atoms with Crippen LogP contribution in [0.2, 0.25) is 10.0 Å². The van der Waals surface area contributed by atoms with Gasteiger partial charge in [-0.2, -0.15) is 0 Å². The average Bonchev–Trinajstić information content (AvgIpc) is 3.42. The molecule has 0 saturated carbocycles. The highest BCUT2D eigenvalue weighted by molar-refractivity contribution is 7.82. The number of rotatable bonds is 7. The van der Waals surface area contributed by atoms with Crippen LogP contribution in [0.4, 0.5) is 5.13 Å². The Kier molecular flexibility index (Phi) is 8.05. The summed E-state index contributed by atoms with van der Waals surface area (Å²) in [5, 5.41) is 1.42. The van der Waals surface area contributed by atoms with E-state index in [0.29, 0.717) is 57.0 Å². The SMILES string of the molecule is NC(=O)C1Cc2cc3c(cc2CN1S(=O)c1ccc2nc(N)sc2c1)OC(c1ccc(OCc2ccc(Cl)c(Cl)c2)cc1)CO3. The molecule has 3 unspecified atom stereocenters. The molecular weight excluding hydrogens is 655 g/mol. The molecule has 0 bridgehead atoms. The summed E-state index contributed by atoms with van der Waals surface area (Å²) in [5.41, 5.74) is 16.0. The quantitative estimate of drug-likeness (QED) is 0.209. The van der Waals surface area contributed by atoms with Crippen LogP contribution in [0.25, 0.3) is 10.2 Å². The molecule has 0 fully saturated rings. The highest BCUT2D eigenvalue weighted by atomic mass is 35.5. The Morgan fingerprint density at radius 3 is 2.60 bits per heavy atom. The summed E-state index contributed by atoms with van der Waals surface area (Å²) in [6, 6.07) is 21.4. The van der Waals surface area contributed by atoms with E-state index >= 15 is 0 Å². The summed E-state index contributed by atoms with van der Waals surface area (Å²) >= 11 is 13.4. The number of thiazole rings is 1. The minimum absolute atomic E-state index is 0.241. The van der Waals surface area contributed by atoms with Crippen LogP contribution in [0, 0.1) is 0 Å². The second-order valence-electron chi connectivity index (χ2n) is 10.7. The van der Waals surface area contributed by atoms with Gasteiger partial charge in [0, 0.05) is 6.54 Å². The van der Waals surface area contributed by atoms with Gasteiger partial charge >= 0.3 is 0 Å². The van der Waals surface area contributed by atoms with Crippen molar-refractivity contribution in [3.63, 3.8) is 0 Å². The normalized spacial score (nSPS) is 18.4. The minimum atomic E-state index is -1.66. The number of ether oxygens (including phenoxy) is 3. The Bertz CT molecular complexity index is 1970. The third-order valence-electron chi connectivity index (χ3n) is 7.77. The molecule has 13 heteroatoms. The molecule has 3 heterocycles. The smallest absolute Gasteiger partial charge is 0.236 e. The first-order chi connectivity index (χ1) is 21.7. The van der Waals surface area contributed by atoms with Crippen LogP contribution in [0.5, 0.6) is 17.2 Å². The Labute approximate surface area is 275 Å². The van der Waals surface area contributed by atoms with Crippen LogP contribution in [0.15, 0.2) is 77.7 Å². The minimum Gasteiger partial charge on any atom is -0.489 e. The van der Waals surface area contributed by atoms with Crippen molar-refractivity contribution in [3.05, 3.63) is 105 Å². The lowest BCUT2D eigenvalue weighted by molar-refractivity contribution is -0.121. The van der Waals surface area contributed by atoms with E-state index in [1.165, 1.54) is 11.3 Å². The van der Waals surface area contributed by atoms with Crippen LogP contribution < -0.4 is 25.7 Å². The van der Waals surface area contributed by atoms with Gasteiger partial charge in [-0.3, -0.25) is 4.79 Å². The van der Waals surface area contributed by atoms with Crippen LogP contribution in [-0.2, 0) is 35.4 Å². The van der Waals surface area contributed by atoms with Crippen molar-refractivity contribution in [3.8, 4) is 17.2 Å². The molecule has 0 saturated heterocycles. The third-order valence-corrected chi connectivity index (χ3v) is 10.8. The van der Waals surface area contributed by atoms with Gasteiger partial charge in [-0.05, 0) is 83.3 Å². The number of hydrogen-bond donors (Lipinski definition) is 2. The molecule has 1 aromatic heterocycles. The number of anilines is 1. The first-order valence-corrected chi connectivity index (χ1v) is 16.7. The van der Waals surface area contributed by atoms with Crippen molar-refractivity contribution in [2.24, 2.45) is 5.73 Å². The van der Waals surface area contributed by atoms with E-state index in [1.807, 2.05) is 42.5 Å². The number of amides is 1. The largest absolute Gasteiger partial charge is 0.489 e. The van der Waals surface area contributed by atoms with Crippen molar-refractivity contribution in [2.75, 3.05) is 12.3 Å². The summed E-state index contributed by atoms with van der Waals surface area (Å²) in [5.74, 6) is 1.33. The van der Waals surface area contributed by atoms with Crippen molar-refractivity contribution in [2.45, 2.75) is 36.6 Å². The number of nitrogen functional groups attached to an aromatic ring is 1. The fourth-order valence-corrected chi connectivity index (χ4v) is 7.96. The molecule has 7 rings (SSSR count). The Morgan fingerprint density at radius 2 is 1.82 bits per heavy atom. The predicted octanol–water partition coefficient (Wildman–Crippen LogP) is 6.21. The van der Waals surface area contributed by atoms with Gasteiger partial charge in [0.2, 0.25) is 5.91 Å². The number of carbonyl (C=O) groups is 1. The van der Waals surface area contributed by atoms with E-state index in [2.05, 4.69) is 4.98 Å². The van der Waals surface area contributed by atoms with Crippen LogP contribution >= 0.6 is 34.5 Å². The van der Waals surface area contributed by atoms with Crippen LogP contribution in [0.1, 0.15) is 28.4 Å². The lowest BCUT2D eigenvalue weighted by Crippen LogP contribution is -2.49. The number of nitrogens with two attached hydrogens (primary N) is 2. The lowest BCUT2D eigenvalue weighted by Gasteiger charge is -2.35. The fourth-order valence-electron chi connectivity index (χ4n) is 5.45. The Morgan fingerprint density at radius 1 is 1.02 bits per heavy atom. The number of halogens is 2. The second kappa shape index (κ2) is 12.1. The Balaban J connectivity index is 1.07. The number of carbonyl (C=O) groups excluding carboxylic acids is 1. The maximum atomic E-state index is 13.8. The first-order valence-electron chi connectivity index (χ1n) is 14.0. The zero-order valence-electron chi connectivity index (χ0n) is 23.6. The van der Waals surface area contributed by atoms with E-state index in [1.54, 1.807) is 34.6 Å². The third kappa shape index (κ3) is 6.06.